The van der Waals surface area contributed by atoms with Gasteiger partial charge in [0, 0.05) is 13.5 Å². The van der Waals surface area contributed by atoms with Crippen molar-refractivity contribution in [2.75, 3.05) is 27.1 Å². The van der Waals surface area contributed by atoms with Crippen LogP contribution in [-0.4, -0.2) is 27.1 Å². The van der Waals surface area contributed by atoms with E-state index in [0.717, 1.165) is 50.9 Å². The summed E-state index contributed by atoms with van der Waals surface area (Å²) in [6.07, 6.45) is 14.2. The van der Waals surface area contributed by atoms with Gasteiger partial charge in [0.15, 0.2) is 12.6 Å². The minimum absolute atomic E-state index is 0.194. The van der Waals surface area contributed by atoms with E-state index in [2.05, 4.69) is 20.8 Å². The Balaban J connectivity index is 4.50. The van der Waals surface area contributed by atoms with E-state index >= 15 is 0 Å². The van der Waals surface area contributed by atoms with Crippen LogP contribution in [0, 0.1) is 0 Å². The van der Waals surface area contributed by atoms with E-state index in [-0.39, 0.29) is 6.79 Å². The molecule has 0 aliphatic rings. The average Bonchev–Trinajstić information content (AvgIpc) is 2.62. The van der Waals surface area contributed by atoms with Gasteiger partial charge in [-0.15, -0.1) is 0 Å². The molecule has 0 atom stereocenters. The molecule has 0 saturated heterocycles. The van der Waals surface area contributed by atoms with Crippen LogP contribution in [0.3, 0.4) is 0 Å². The highest BCUT2D eigenvalue weighted by Gasteiger charge is 2.12. The first-order valence-electron chi connectivity index (χ1n) is 10.4. The predicted octanol–water partition coefficient (Wildman–Crippen LogP) is 6.55. The largest absolute Gasteiger partial charge is 0.491 e. The smallest absolute Gasteiger partial charge is 0.321 e. The van der Waals surface area contributed by atoms with E-state index in [0.29, 0.717) is 12.6 Å². The van der Waals surface area contributed by atoms with E-state index in [1.807, 2.05) is 0 Å². The molecule has 0 aromatic rings. The lowest BCUT2D eigenvalue weighted by Crippen LogP contribution is -2.09. The van der Waals surface area contributed by atoms with Gasteiger partial charge in [0.1, 0.15) is 0 Å². The Morgan fingerprint density at radius 3 is 1.76 bits per heavy atom. The molecule has 0 rings (SSSR count). The van der Waals surface area contributed by atoms with Crippen molar-refractivity contribution >= 4 is 0 Å². The Bertz CT molecular complexity index is 302. The van der Waals surface area contributed by atoms with Crippen LogP contribution in [-0.2, 0) is 18.9 Å². The maximum Gasteiger partial charge on any atom is 0.321 e. The Morgan fingerprint density at radius 2 is 1.16 bits per heavy atom. The molecule has 0 N–H and O–H groups in total. The van der Waals surface area contributed by atoms with E-state index < -0.39 is 0 Å². The molecule has 0 radical (unpaired) electrons. The first kappa shape index (κ1) is 24.1. The normalized spacial score (nSPS) is 12.0. The highest BCUT2D eigenvalue weighted by Crippen LogP contribution is 2.19. The quantitative estimate of drug-likeness (QED) is 0.149. The number of hydrogen-bond acceptors (Lipinski definition) is 4. The molecule has 0 heterocycles. The fourth-order valence-electron chi connectivity index (χ4n) is 2.44. The summed E-state index contributed by atoms with van der Waals surface area (Å²) in [7, 11) is 1.62. The Hall–Kier alpha value is -0.900. The van der Waals surface area contributed by atoms with Crippen LogP contribution in [0.2, 0.25) is 0 Å². The van der Waals surface area contributed by atoms with Crippen LogP contribution in [0.25, 0.3) is 0 Å². The van der Waals surface area contributed by atoms with Crippen molar-refractivity contribution in [1.29, 1.82) is 0 Å². The van der Waals surface area contributed by atoms with Gasteiger partial charge in [0.25, 0.3) is 0 Å². The molecule has 0 spiro atoms. The first-order valence-corrected chi connectivity index (χ1v) is 10.4. The predicted molar refractivity (Wildman–Crippen MR) is 104 cm³/mol. The van der Waals surface area contributed by atoms with Gasteiger partial charge in [-0.3, -0.25) is 0 Å². The highest BCUT2D eigenvalue weighted by molar-refractivity contribution is 4.95. The van der Waals surface area contributed by atoms with Gasteiger partial charge in [-0.25, -0.2) is 0 Å². The van der Waals surface area contributed by atoms with Crippen molar-refractivity contribution in [3.63, 3.8) is 0 Å². The number of methoxy groups -OCH3 is 1. The lowest BCUT2D eigenvalue weighted by molar-refractivity contribution is -0.0690. The molecule has 150 valence electrons. The van der Waals surface area contributed by atoms with Gasteiger partial charge < -0.3 is 18.9 Å². The average molecular weight is 359 g/mol. The third-order valence-corrected chi connectivity index (χ3v) is 4.05. The summed E-state index contributed by atoms with van der Waals surface area (Å²) in [5.41, 5.74) is 0. The molecule has 0 amide bonds. The molecular weight excluding hydrogens is 316 g/mol. The summed E-state index contributed by atoms with van der Waals surface area (Å²) < 4.78 is 22.5. The molecule has 0 unspecified atom stereocenters. The fraction of sp³-hybridized carbons (Fsp3) is 0.905. The van der Waals surface area contributed by atoms with Gasteiger partial charge >= 0.3 is 5.95 Å². The SMILES string of the molecule is CCCCCCCCCC(OCCCC)=C(OCCCC)OCOC. The molecular formula is C21H42O4. The summed E-state index contributed by atoms with van der Waals surface area (Å²) in [5, 5.41) is 0. The van der Waals surface area contributed by atoms with Crippen molar-refractivity contribution in [3.8, 4) is 0 Å². The zero-order valence-electron chi connectivity index (χ0n) is 17.2. The molecule has 0 bridgehead atoms. The Labute approximate surface area is 156 Å². The molecule has 25 heavy (non-hydrogen) atoms. The zero-order chi connectivity index (χ0) is 18.6. The van der Waals surface area contributed by atoms with Crippen LogP contribution in [0.4, 0.5) is 0 Å². The van der Waals surface area contributed by atoms with Crippen molar-refractivity contribution in [3.05, 3.63) is 11.7 Å². The van der Waals surface area contributed by atoms with Crippen LogP contribution in [0.15, 0.2) is 11.7 Å². The second-order valence-electron chi connectivity index (χ2n) is 6.54. The Morgan fingerprint density at radius 1 is 0.600 bits per heavy atom. The zero-order valence-corrected chi connectivity index (χ0v) is 17.2. The van der Waals surface area contributed by atoms with Crippen LogP contribution < -0.4 is 0 Å². The second kappa shape index (κ2) is 19.4. The molecule has 0 fully saturated rings. The summed E-state index contributed by atoms with van der Waals surface area (Å²) in [5.74, 6) is 1.38. The summed E-state index contributed by atoms with van der Waals surface area (Å²) in [6, 6.07) is 0. The third-order valence-electron chi connectivity index (χ3n) is 4.05. The molecule has 0 aliphatic heterocycles. The van der Waals surface area contributed by atoms with Gasteiger partial charge in [0.05, 0.1) is 13.2 Å². The lowest BCUT2D eigenvalue weighted by Gasteiger charge is -2.17. The number of rotatable bonds is 19. The molecule has 0 aromatic carbocycles. The number of unbranched alkanes of at least 4 members (excludes halogenated alkanes) is 8. The van der Waals surface area contributed by atoms with Gasteiger partial charge in [-0.1, -0.05) is 72.1 Å². The number of allylic oxidation sites excluding steroid dienone is 1. The van der Waals surface area contributed by atoms with Gasteiger partial charge in [-0.05, 0) is 19.3 Å². The maximum atomic E-state index is 5.99. The van der Waals surface area contributed by atoms with E-state index in [1.165, 1.54) is 38.5 Å². The minimum atomic E-state index is 0.194. The molecule has 0 saturated carbocycles. The van der Waals surface area contributed by atoms with Crippen molar-refractivity contribution in [1.82, 2.24) is 0 Å². The first-order chi connectivity index (χ1) is 12.3. The van der Waals surface area contributed by atoms with E-state index in [1.54, 1.807) is 7.11 Å². The minimum Gasteiger partial charge on any atom is -0.491 e. The highest BCUT2D eigenvalue weighted by atomic mass is 16.7. The molecule has 0 aliphatic carbocycles. The van der Waals surface area contributed by atoms with Crippen LogP contribution in [0.5, 0.6) is 0 Å². The second-order valence-corrected chi connectivity index (χ2v) is 6.54. The van der Waals surface area contributed by atoms with Crippen LogP contribution in [0.1, 0.15) is 97.8 Å². The third kappa shape index (κ3) is 15.1. The molecule has 4 nitrogen and oxygen atoms in total. The van der Waals surface area contributed by atoms with E-state index in [9.17, 15) is 0 Å². The van der Waals surface area contributed by atoms with Crippen molar-refractivity contribution in [2.45, 2.75) is 97.8 Å². The lowest BCUT2D eigenvalue weighted by atomic mass is 10.1. The monoisotopic (exact) mass is 358 g/mol. The summed E-state index contributed by atoms with van der Waals surface area (Å²) in [6.45, 7) is 8.15. The summed E-state index contributed by atoms with van der Waals surface area (Å²) >= 11 is 0. The molecule has 0 aromatic heterocycles. The number of ether oxygens (including phenoxy) is 4. The Kier molecular flexibility index (Phi) is 18.7. The van der Waals surface area contributed by atoms with Gasteiger partial charge in [-0.2, -0.15) is 0 Å². The van der Waals surface area contributed by atoms with Crippen molar-refractivity contribution in [2.24, 2.45) is 0 Å². The number of hydrogen-bond donors (Lipinski definition) is 0. The fourth-order valence-corrected chi connectivity index (χ4v) is 2.44. The maximum absolute atomic E-state index is 5.99. The topological polar surface area (TPSA) is 36.9 Å². The van der Waals surface area contributed by atoms with E-state index in [4.69, 9.17) is 18.9 Å². The van der Waals surface area contributed by atoms with Gasteiger partial charge in [0.2, 0.25) is 0 Å². The van der Waals surface area contributed by atoms with Crippen LogP contribution >= 0.6 is 0 Å². The van der Waals surface area contributed by atoms with Crippen molar-refractivity contribution < 1.29 is 18.9 Å². The molecule has 4 heteroatoms. The standard InChI is InChI=1S/C21H42O4/c1-5-8-11-12-13-14-15-16-20(23-17-9-6-2)21(25-19-22-4)24-18-10-7-3/h5-19H2,1-4H3. The summed E-state index contributed by atoms with van der Waals surface area (Å²) in [4.78, 5) is 0.